The molecule has 4 nitrogen and oxygen atoms in total. The van der Waals surface area contributed by atoms with Crippen molar-refractivity contribution in [1.82, 2.24) is 9.88 Å². The van der Waals surface area contributed by atoms with Crippen molar-refractivity contribution in [3.63, 3.8) is 0 Å². The van der Waals surface area contributed by atoms with Crippen LogP contribution >= 0.6 is 11.3 Å². The van der Waals surface area contributed by atoms with Crippen molar-refractivity contribution in [3.05, 3.63) is 70.2 Å². The molecule has 4 rings (SSSR count). The SMILES string of the molecule is Cc1cccc(C)c1N1CCN(C(=O)Cc2nc(-c3ccccc3)sc2C)CC1. The van der Waals surface area contributed by atoms with E-state index in [0.29, 0.717) is 6.42 Å². The van der Waals surface area contributed by atoms with Gasteiger partial charge in [0.2, 0.25) is 5.91 Å². The summed E-state index contributed by atoms with van der Waals surface area (Å²) < 4.78 is 0. The fourth-order valence-electron chi connectivity index (χ4n) is 4.04. The zero-order valence-electron chi connectivity index (χ0n) is 17.3. The highest BCUT2D eigenvalue weighted by Crippen LogP contribution is 2.28. The summed E-state index contributed by atoms with van der Waals surface area (Å²) in [7, 11) is 0. The van der Waals surface area contributed by atoms with Crippen molar-refractivity contribution in [3.8, 4) is 10.6 Å². The second kappa shape index (κ2) is 8.37. The Morgan fingerprint density at radius 1 is 0.931 bits per heavy atom. The Bertz CT molecular complexity index is 984. The Kier molecular flexibility index (Phi) is 5.67. The van der Waals surface area contributed by atoms with Crippen LogP contribution in [-0.4, -0.2) is 42.0 Å². The standard InChI is InChI=1S/C24H27N3OS/c1-17-8-7-9-18(2)23(17)27-14-12-26(13-15-27)22(28)16-21-19(3)29-24(25-21)20-10-5-4-6-11-20/h4-11H,12-16H2,1-3H3. The van der Waals surface area contributed by atoms with Crippen LogP contribution < -0.4 is 4.90 Å². The lowest BCUT2D eigenvalue weighted by Gasteiger charge is -2.37. The zero-order chi connectivity index (χ0) is 20.4. The number of amides is 1. The van der Waals surface area contributed by atoms with Crippen LogP contribution in [0.5, 0.6) is 0 Å². The van der Waals surface area contributed by atoms with Crippen LogP contribution in [0.25, 0.3) is 10.6 Å². The lowest BCUT2D eigenvalue weighted by molar-refractivity contribution is -0.130. The molecule has 0 spiro atoms. The van der Waals surface area contributed by atoms with E-state index in [9.17, 15) is 4.79 Å². The fraction of sp³-hybridized carbons (Fsp3) is 0.333. The first-order valence-corrected chi connectivity index (χ1v) is 11.0. The molecule has 1 aliphatic heterocycles. The van der Waals surface area contributed by atoms with Gasteiger partial charge < -0.3 is 9.80 Å². The van der Waals surface area contributed by atoms with Crippen molar-refractivity contribution in [1.29, 1.82) is 0 Å². The van der Waals surface area contributed by atoms with Gasteiger partial charge in [-0.2, -0.15) is 0 Å². The number of nitrogens with zero attached hydrogens (tertiary/aromatic N) is 3. The van der Waals surface area contributed by atoms with E-state index in [-0.39, 0.29) is 5.91 Å². The molecule has 150 valence electrons. The highest BCUT2D eigenvalue weighted by Gasteiger charge is 2.24. The highest BCUT2D eigenvalue weighted by atomic mass is 32.1. The quantitative estimate of drug-likeness (QED) is 0.635. The molecule has 1 saturated heterocycles. The molecular formula is C24H27N3OS. The van der Waals surface area contributed by atoms with Crippen LogP contribution in [0.4, 0.5) is 5.69 Å². The summed E-state index contributed by atoms with van der Waals surface area (Å²) in [5.74, 6) is 0.180. The van der Waals surface area contributed by atoms with Gasteiger partial charge in [0.25, 0.3) is 0 Å². The number of anilines is 1. The van der Waals surface area contributed by atoms with Crippen molar-refractivity contribution in [2.45, 2.75) is 27.2 Å². The van der Waals surface area contributed by atoms with Crippen molar-refractivity contribution in [2.24, 2.45) is 0 Å². The van der Waals surface area contributed by atoms with Crippen LogP contribution in [0.2, 0.25) is 0 Å². The van der Waals surface area contributed by atoms with Gasteiger partial charge in [-0.15, -0.1) is 11.3 Å². The van der Waals surface area contributed by atoms with E-state index in [2.05, 4.69) is 56.0 Å². The van der Waals surface area contributed by atoms with Crippen LogP contribution in [0.1, 0.15) is 21.7 Å². The summed E-state index contributed by atoms with van der Waals surface area (Å²) in [6, 6.07) is 16.6. The number of aryl methyl sites for hydroxylation is 3. The van der Waals surface area contributed by atoms with Gasteiger partial charge in [-0.25, -0.2) is 4.98 Å². The van der Waals surface area contributed by atoms with Crippen LogP contribution in [0, 0.1) is 20.8 Å². The summed E-state index contributed by atoms with van der Waals surface area (Å²) in [5, 5.41) is 0.991. The average molecular weight is 406 g/mol. The maximum absolute atomic E-state index is 12.9. The number of thiazole rings is 1. The Morgan fingerprint density at radius 3 is 2.24 bits per heavy atom. The van der Waals surface area contributed by atoms with Crippen molar-refractivity contribution in [2.75, 3.05) is 31.1 Å². The second-order valence-electron chi connectivity index (χ2n) is 7.67. The first-order chi connectivity index (χ1) is 14.0. The largest absolute Gasteiger partial charge is 0.368 e. The minimum Gasteiger partial charge on any atom is -0.368 e. The molecule has 0 N–H and O–H groups in total. The first-order valence-electron chi connectivity index (χ1n) is 10.1. The Morgan fingerprint density at radius 2 is 1.59 bits per heavy atom. The van der Waals surface area contributed by atoms with Gasteiger partial charge >= 0.3 is 0 Å². The Hall–Kier alpha value is -2.66. The normalized spacial score (nSPS) is 14.3. The Balaban J connectivity index is 1.40. The average Bonchev–Trinajstić information content (AvgIpc) is 3.09. The lowest BCUT2D eigenvalue weighted by Crippen LogP contribution is -2.49. The highest BCUT2D eigenvalue weighted by molar-refractivity contribution is 7.15. The third-order valence-corrected chi connectivity index (χ3v) is 6.68. The van der Waals surface area contributed by atoms with Gasteiger partial charge in [0, 0.05) is 42.3 Å². The molecule has 0 saturated carbocycles. The number of benzene rings is 2. The zero-order valence-corrected chi connectivity index (χ0v) is 18.1. The minimum absolute atomic E-state index is 0.180. The van der Waals surface area contributed by atoms with Crippen molar-refractivity contribution >= 4 is 22.9 Å². The number of aromatic nitrogens is 1. The van der Waals surface area contributed by atoms with E-state index in [1.165, 1.54) is 16.8 Å². The molecule has 0 aliphatic carbocycles. The number of hydrogen-bond acceptors (Lipinski definition) is 4. The molecule has 3 aromatic rings. The molecule has 0 radical (unpaired) electrons. The first kappa shape index (κ1) is 19.6. The molecule has 29 heavy (non-hydrogen) atoms. The van der Waals surface area contributed by atoms with Gasteiger partial charge in [0.15, 0.2) is 0 Å². The number of carbonyl (C=O) groups excluding carboxylic acids is 1. The van der Waals surface area contributed by atoms with Crippen LogP contribution in [0.3, 0.4) is 0 Å². The van der Waals surface area contributed by atoms with Gasteiger partial charge in [-0.05, 0) is 31.9 Å². The van der Waals surface area contributed by atoms with E-state index in [1.54, 1.807) is 11.3 Å². The molecular weight excluding hydrogens is 378 g/mol. The number of piperazine rings is 1. The van der Waals surface area contributed by atoms with E-state index < -0.39 is 0 Å². The molecule has 1 amide bonds. The molecule has 0 atom stereocenters. The molecule has 2 heterocycles. The summed E-state index contributed by atoms with van der Waals surface area (Å²) in [5.41, 5.74) is 5.95. The predicted molar refractivity (Wildman–Crippen MR) is 121 cm³/mol. The van der Waals surface area contributed by atoms with E-state index in [1.807, 2.05) is 23.1 Å². The predicted octanol–water partition coefficient (Wildman–Crippen LogP) is 4.63. The topological polar surface area (TPSA) is 36.4 Å². The maximum Gasteiger partial charge on any atom is 0.228 e. The molecule has 1 aliphatic rings. The van der Waals surface area contributed by atoms with Gasteiger partial charge in [-0.1, -0.05) is 48.5 Å². The van der Waals surface area contributed by atoms with Gasteiger partial charge in [-0.3, -0.25) is 4.79 Å². The number of hydrogen-bond donors (Lipinski definition) is 0. The molecule has 0 bridgehead atoms. The second-order valence-corrected chi connectivity index (χ2v) is 8.88. The van der Waals surface area contributed by atoms with Crippen molar-refractivity contribution < 1.29 is 4.79 Å². The van der Waals surface area contributed by atoms with Gasteiger partial charge in [0.05, 0.1) is 12.1 Å². The fourth-order valence-corrected chi connectivity index (χ4v) is 4.97. The monoisotopic (exact) mass is 405 g/mol. The Labute approximate surface area is 176 Å². The minimum atomic E-state index is 0.180. The molecule has 1 fully saturated rings. The molecule has 0 unspecified atom stereocenters. The van der Waals surface area contributed by atoms with Gasteiger partial charge in [0.1, 0.15) is 5.01 Å². The number of rotatable bonds is 4. The smallest absolute Gasteiger partial charge is 0.228 e. The number of para-hydroxylation sites is 1. The lowest BCUT2D eigenvalue weighted by atomic mass is 10.1. The summed E-state index contributed by atoms with van der Waals surface area (Å²) in [6.45, 7) is 9.67. The summed E-state index contributed by atoms with van der Waals surface area (Å²) >= 11 is 1.67. The van der Waals surface area contributed by atoms with E-state index in [4.69, 9.17) is 4.98 Å². The third kappa shape index (κ3) is 4.20. The summed E-state index contributed by atoms with van der Waals surface area (Å²) in [4.78, 5) is 23.2. The molecule has 1 aromatic heterocycles. The van der Waals surface area contributed by atoms with E-state index in [0.717, 1.165) is 47.3 Å². The molecule has 5 heteroatoms. The number of carbonyl (C=O) groups is 1. The third-order valence-electron chi connectivity index (χ3n) is 5.62. The van der Waals surface area contributed by atoms with E-state index >= 15 is 0 Å². The van der Waals surface area contributed by atoms with Crippen LogP contribution in [0.15, 0.2) is 48.5 Å². The molecule has 2 aromatic carbocycles. The summed E-state index contributed by atoms with van der Waals surface area (Å²) in [6.07, 6.45) is 0.387. The maximum atomic E-state index is 12.9. The van der Waals surface area contributed by atoms with Crippen LogP contribution in [-0.2, 0) is 11.2 Å².